The van der Waals surface area contributed by atoms with Gasteiger partial charge in [0.1, 0.15) is 17.2 Å². The highest BCUT2D eigenvalue weighted by atomic mass is 19.1. The molecule has 1 saturated heterocycles. The Hall–Kier alpha value is -1.51. The van der Waals surface area contributed by atoms with Gasteiger partial charge >= 0.3 is 7.48 Å². The van der Waals surface area contributed by atoms with Crippen molar-refractivity contribution in [3.05, 3.63) is 29.3 Å². The Morgan fingerprint density at radius 2 is 1.65 bits per heavy atom. The number of hydrogen-bond donors (Lipinski definition) is 0. The fraction of sp³-hybridized carbons (Fsp3) is 0.611. The summed E-state index contributed by atoms with van der Waals surface area (Å²) in [5.74, 6) is -2.43. The van der Waals surface area contributed by atoms with Crippen LogP contribution >= 0.6 is 0 Å². The Balaban J connectivity index is 2.15. The van der Waals surface area contributed by atoms with E-state index < -0.39 is 34.3 Å². The fourth-order valence-corrected chi connectivity index (χ4v) is 2.52. The zero-order valence-electron chi connectivity index (χ0n) is 16.0. The summed E-state index contributed by atoms with van der Waals surface area (Å²) in [7, 11) is 1.58. The van der Waals surface area contributed by atoms with Gasteiger partial charge in [-0.2, -0.15) is 0 Å². The molecule has 1 aromatic rings. The first-order valence-electron chi connectivity index (χ1n) is 8.63. The third kappa shape index (κ3) is 4.42. The van der Waals surface area contributed by atoms with Gasteiger partial charge in [-0.3, -0.25) is 4.79 Å². The van der Waals surface area contributed by atoms with Gasteiger partial charge in [0.25, 0.3) is 5.91 Å². The van der Waals surface area contributed by atoms with E-state index >= 15 is 0 Å². The second kappa shape index (κ2) is 8.02. The lowest BCUT2D eigenvalue weighted by atomic mass is 9.82. The smallest absolute Gasteiger partial charge is 0.309 e. The highest BCUT2D eigenvalue weighted by molar-refractivity contribution is 6.47. The molecule has 1 aliphatic rings. The predicted molar refractivity (Wildman–Crippen MR) is 96.1 cm³/mol. The molecule has 144 valence electrons. The third-order valence-electron chi connectivity index (χ3n) is 5.17. The van der Waals surface area contributed by atoms with E-state index in [2.05, 4.69) is 0 Å². The maximum Gasteiger partial charge on any atom is 0.309 e. The fourth-order valence-electron chi connectivity index (χ4n) is 2.52. The van der Waals surface area contributed by atoms with Crippen molar-refractivity contribution >= 4 is 18.9 Å². The Kier molecular flexibility index (Phi) is 6.42. The second-order valence-electron chi connectivity index (χ2n) is 7.35. The lowest BCUT2D eigenvalue weighted by molar-refractivity contribution is -0.114. The summed E-state index contributed by atoms with van der Waals surface area (Å²) in [6.45, 7) is 8.82. The van der Waals surface area contributed by atoms with Gasteiger partial charge in [-0.25, -0.2) is 8.78 Å². The Morgan fingerprint density at radius 3 is 2.15 bits per heavy atom. The zero-order valence-corrected chi connectivity index (χ0v) is 16.0. The van der Waals surface area contributed by atoms with Crippen LogP contribution in [-0.2, 0) is 14.1 Å². The summed E-state index contributed by atoms with van der Waals surface area (Å²) >= 11 is 0. The average molecular weight is 369 g/mol. The first kappa shape index (κ1) is 20.8. The number of carbonyl (C=O) groups is 1. The van der Waals surface area contributed by atoms with Crippen molar-refractivity contribution in [2.45, 2.75) is 38.9 Å². The molecule has 1 aromatic carbocycles. The number of halogens is 2. The van der Waals surface area contributed by atoms with E-state index in [0.29, 0.717) is 31.8 Å². The first-order chi connectivity index (χ1) is 12.1. The van der Waals surface area contributed by atoms with E-state index in [-0.39, 0.29) is 7.48 Å². The Bertz CT molecular complexity index is 638. The van der Waals surface area contributed by atoms with Crippen LogP contribution in [0.5, 0.6) is 0 Å². The molecule has 0 N–H and O–H groups in total. The Morgan fingerprint density at radius 1 is 1.12 bits per heavy atom. The van der Waals surface area contributed by atoms with E-state index in [0.717, 1.165) is 12.1 Å². The number of rotatable bonds is 6. The third-order valence-corrected chi connectivity index (χ3v) is 5.17. The van der Waals surface area contributed by atoms with Crippen molar-refractivity contribution in [2.24, 2.45) is 0 Å². The molecule has 8 heteroatoms. The van der Waals surface area contributed by atoms with Crippen molar-refractivity contribution in [1.82, 2.24) is 4.90 Å². The van der Waals surface area contributed by atoms with Crippen LogP contribution in [0.1, 0.15) is 38.1 Å². The molecular weight excluding hydrogens is 343 g/mol. The van der Waals surface area contributed by atoms with Gasteiger partial charge in [-0.05, 0) is 45.3 Å². The molecule has 1 heterocycles. The molecule has 1 fully saturated rings. The summed E-state index contributed by atoms with van der Waals surface area (Å²) in [5, 5.41) is 0. The lowest BCUT2D eigenvalue weighted by Crippen LogP contribution is -2.50. The largest absolute Gasteiger partial charge is 0.427 e. The zero-order chi connectivity index (χ0) is 19.5. The lowest BCUT2D eigenvalue weighted by Gasteiger charge is -2.40. The number of carbonyl (C=O) groups excluding carboxylic acids is 1. The number of benzene rings is 1. The second-order valence-corrected chi connectivity index (χ2v) is 7.35. The van der Waals surface area contributed by atoms with Gasteiger partial charge in [-0.1, -0.05) is 0 Å². The van der Waals surface area contributed by atoms with Crippen molar-refractivity contribution in [2.75, 3.05) is 33.4 Å². The average Bonchev–Trinajstić information content (AvgIpc) is 2.60. The van der Waals surface area contributed by atoms with E-state index in [1.807, 2.05) is 27.7 Å². The number of methoxy groups -OCH3 is 1. The molecule has 1 aliphatic heterocycles. The van der Waals surface area contributed by atoms with Gasteiger partial charge in [0.05, 0.1) is 24.4 Å². The molecule has 0 aliphatic carbocycles. The van der Waals surface area contributed by atoms with E-state index in [1.54, 1.807) is 7.11 Å². The molecule has 0 aromatic heterocycles. The van der Waals surface area contributed by atoms with Crippen molar-refractivity contribution in [3.8, 4) is 0 Å². The Labute approximate surface area is 153 Å². The standard InChI is InChI=1S/C18H26BF2NO4/c1-17(2,24-5)18(3,4)26-19-12-10-13(20)15(14(21)11-12)16(23)22-6-8-25-9-7-22/h10-11,19H,6-9H2,1-5H3. The number of nitrogens with zero attached hydrogens (tertiary/aromatic N) is 1. The summed E-state index contributed by atoms with van der Waals surface area (Å²) < 4.78 is 45.3. The molecular formula is C18H26BF2NO4. The van der Waals surface area contributed by atoms with Gasteiger partial charge in [-0.15, -0.1) is 0 Å². The van der Waals surface area contributed by atoms with Crippen molar-refractivity contribution in [3.63, 3.8) is 0 Å². The van der Waals surface area contributed by atoms with Crippen molar-refractivity contribution < 1.29 is 27.7 Å². The number of morpholine rings is 1. The molecule has 26 heavy (non-hydrogen) atoms. The first-order valence-corrected chi connectivity index (χ1v) is 8.63. The predicted octanol–water partition coefficient (Wildman–Crippen LogP) is 1.63. The van der Waals surface area contributed by atoms with Crippen LogP contribution in [-0.4, -0.2) is 62.9 Å². The maximum absolute atomic E-state index is 14.4. The van der Waals surface area contributed by atoms with Crippen molar-refractivity contribution in [1.29, 1.82) is 0 Å². The van der Waals surface area contributed by atoms with E-state index in [1.165, 1.54) is 4.90 Å². The van der Waals surface area contributed by atoms with Crippen LogP contribution in [0.3, 0.4) is 0 Å². The molecule has 0 unspecified atom stereocenters. The monoisotopic (exact) mass is 369 g/mol. The number of ether oxygens (including phenoxy) is 2. The minimum Gasteiger partial charge on any atom is -0.427 e. The summed E-state index contributed by atoms with van der Waals surface area (Å²) in [5.41, 5.74) is -1.49. The minimum absolute atomic E-state index is 0.000342. The molecule has 0 radical (unpaired) electrons. The van der Waals surface area contributed by atoms with E-state index in [9.17, 15) is 13.6 Å². The summed E-state index contributed by atoms with van der Waals surface area (Å²) in [6.07, 6.45) is 0. The van der Waals surface area contributed by atoms with Crippen LogP contribution in [0.25, 0.3) is 0 Å². The van der Waals surface area contributed by atoms with Crippen LogP contribution in [0.2, 0.25) is 0 Å². The van der Waals surface area contributed by atoms with Gasteiger partial charge in [0, 0.05) is 20.2 Å². The molecule has 0 saturated carbocycles. The molecule has 2 rings (SSSR count). The van der Waals surface area contributed by atoms with Gasteiger partial charge in [0.2, 0.25) is 0 Å². The normalized spacial score (nSPS) is 15.9. The molecule has 0 spiro atoms. The van der Waals surface area contributed by atoms with E-state index in [4.69, 9.17) is 14.1 Å². The van der Waals surface area contributed by atoms with Gasteiger partial charge < -0.3 is 19.0 Å². The molecule has 0 atom stereocenters. The quantitative estimate of drug-likeness (QED) is 0.716. The molecule has 0 bridgehead atoms. The highest BCUT2D eigenvalue weighted by Gasteiger charge is 2.38. The van der Waals surface area contributed by atoms with Gasteiger partial charge in [0.15, 0.2) is 0 Å². The van der Waals surface area contributed by atoms with Crippen LogP contribution in [0.15, 0.2) is 12.1 Å². The van der Waals surface area contributed by atoms with Crippen LogP contribution in [0, 0.1) is 11.6 Å². The SMILES string of the molecule is COC(C)(C)C(C)(C)OBc1cc(F)c(C(=O)N2CCOCC2)c(F)c1. The topological polar surface area (TPSA) is 48.0 Å². The summed E-state index contributed by atoms with van der Waals surface area (Å²) in [4.78, 5) is 13.8. The van der Waals surface area contributed by atoms with Crippen LogP contribution in [0.4, 0.5) is 8.78 Å². The minimum atomic E-state index is -0.885. The highest BCUT2D eigenvalue weighted by Crippen LogP contribution is 2.27. The summed E-state index contributed by atoms with van der Waals surface area (Å²) in [6, 6.07) is 2.29. The maximum atomic E-state index is 14.4. The number of hydrogen-bond acceptors (Lipinski definition) is 4. The number of amides is 1. The van der Waals surface area contributed by atoms with Crippen LogP contribution < -0.4 is 5.46 Å². The molecule has 5 nitrogen and oxygen atoms in total. The molecule has 1 amide bonds.